The molecule has 0 unspecified atom stereocenters. The van der Waals surface area contributed by atoms with Crippen molar-refractivity contribution in [2.45, 2.75) is 64.8 Å². The zero-order valence-electron chi connectivity index (χ0n) is 10.3. The minimum atomic E-state index is -0.978. The summed E-state index contributed by atoms with van der Waals surface area (Å²) in [5.41, 5.74) is -0.774. The van der Waals surface area contributed by atoms with Crippen molar-refractivity contribution in [3.63, 3.8) is 0 Å². The van der Waals surface area contributed by atoms with E-state index in [1.54, 1.807) is 13.8 Å². The Hall–Kier alpha value is -0.570. The number of aliphatic carboxylic acids is 1. The quantitative estimate of drug-likeness (QED) is 0.567. The van der Waals surface area contributed by atoms with Crippen LogP contribution in [-0.2, 0) is 4.79 Å². The Morgan fingerprint density at radius 2 is 1.67 bits per heavy atom. The van der Waals surface area contributed by atoms with Crippen LogP contribution in [0, 0.1) is 0 Å². The highest BCUT2D eigenvalue weighted by Gasteiger charge is 2.21. The number of carbonyl (C=O) groups is 1. The van der Waals surface area contributed by atoms with Gasteiger partial charge in [-0.1, -0.05) is 32.6 Å². The van der Waals surface area contributed by atoms with Gasteiger partial charge in [0.05, 0.1) is 6.54 Å². The van der Waals surface area contributed by atoms with E-state index in [0.29, 0.717) is 0 Å². The molecule has 90 valence electrons. The second-order valence-corrected chi connectivity index (χ2v) is 4.77. The third-order valence-corrected chi connectivity index (χ3v) is 2.74. The maximum absolute atomic E-state index is 10.7. The summed E-state index contributed by atoms with van der Waals surface area (Å²) in [4.78, 5) is 10.7. The van der Waals surface area contributed by atoms with Gasteiger partial charge in [0.15, 0.2) is 0 Å². The maximum Gasteiger partial charge on any atom is 0.130 e. The minimum absolute atomic E-state index is 0.774. The Bertz CT molecular complexity index is 178. The molecule has 3 heteroatoms. The fourth-order valence-electron chi connectivity index (χ4n) is 1.47. The van der Waals surface area contributed by atoms with Gasteiger partial charge in [-0.05, 0) is 26.7 Å². The molecule has 15 heavy (non-hydrogen) atoms. The van der Waals surface area contributed by atoms with Gasteiger partial charge < -0.3 is 15.2 Å². The molecule has 0 aliphatic heterocycles. The van der Waals surface area contributed by atoms with Crippen molar-refractivity contribution in [1.29, 1.82) is 0 Å². The van der Waals surface area contributed by atoms with Crippen molar-refractivity contribution in [3.05, 3.63) is 0 Å². The Morgan fingerprint density at radius 1 is 1.13 bits per heavy atom. The molecule has 0 aliphatic carbocycles. The molecular formula is C12H25NO2. The summed E-state index contributed by atoms with van der Waals surface area (Å²) in [5, 5.41) is 12.5. The summed E-state index contributed by atoms with van der Waals surface area (Å²) in [6.45, 7) is 6.47. The number of carboxylic acids is 1. The van der Waals surface area contributed by atoms with Crippen LogP contribution in [-0.4, -0.2) is 18.1 Å². The lowest BCUT2D eigenvalue weighted by atomic mass is 10.1. The van der Waals surface area contributed by atoms with Crippen LogP contribution in [0.4, 0.5) is 0 Å². The van der Waals surface area contributed by atoms with Crippen molar-refractivity contribution < 1.29 is 15.2 Å². The molecule has 0 aromatic heterocycles. The van der Waals surface area contributed by atoms with Gasteiger partial charge in [-0.25, -0.2) is 0 Å². The summed E-state index contributed by atoms with van der Waals surface area (Å²) in [6, 6.07) is 0. The molecule has 0 saturated heterocycles. The number of rotatable bonds is 9. The summed E-state index contributed by atoms with van der Waals surface area (Å²) in [5.74, 6) is -0.978. The molecule has 0 bridgehead atoms. The lowest BCUT2D eigenvalue weighted by molar-refractivity contribution is -0.713. The van der Waals surface area contributed by atoms with Crippen LogP contribution < -0.4 is 10.4 Å². The Morgan fingerprint density at radius 3 is 2.20 bits per heavy atom. The van der Waals surface area contributed by atoms with E-state index in [2.05, 4.69) is 6.92 Å². The Kier molecular flexibility index (Phi) is 7.39. The van der Waals surface area contributed by atoms with Crippen LogP contribution in [0.1, 0.15) is 59.3 Å². The van der Waals surface area contributed by atoms with E-state index in [4.69, 9.17) is 0 Å². The molecule has 2 N–H and O–H groups in total. The van der Waals surface area contributed by atoms with Gasteiger partial charge >= 0.3 is 0 Å². The molecule has 0 spiro atoms. The summed E-state index contributed by atoms with van der Waals surface area (Å²) >= 11 is 0. The maximum atomic E-state index is 10.7. The van der Waals surface area contributed by atoms with Crippen LogP contribution in [0.5, 0.6) is 0 Å². The number of nitrogens with two attached hydrogens (primary N) is 1. The molecule has 3 nitrogen and oxygen atoms in total. The molecule has 0 rings (SSSR count). The summed E-state index contributed by atoms with van der Waals surface area (Å²) in [6.07, 6.45) is 7.46. The molecule has 0 fully saturated rings. The fourth-order valence-corrected chi connectivity index (χ4v) is 1.47. The smallest absolute Gasteiger partial charge is 0.130 e. The van der Waals surface area contributed by atoms with Gasteiger partial charge in [0, 0.05) is 0 Å². The van der Waals surface area contributed by atoms with Gasteiger partial charge in [0.1, 0.15) is 11.5 Å². The highest BCUT2D eigenvalue weighted by atomic mass is 16.4. The molecule has 0 saturated carbocycles. The largest absolute Gasteiger partial charge is 0.544 e. The molecule has 0 heterocycles. The molecule has 0 aliphatic rings. The topological polar surface area (TPSA) is 56.7 Å². The van der Waals surface area contributed by atoms with Crippen molar-refractivity contribution >= 4 is 5.97 Å². The SMILES string of the molecule is CCCCCCCC[NH2+]C(C)(C)C(=O)[O-]. The van der Waals surface area contributed by atoms with E-state index in [1.165, 1.54) is 32.1 Å². The van der Waals surface area contributed by atoms with E-state index in [1.807, 2.05) is 5.32 Å². The molecule has 0 atom stereocenters. The second-order valence-electron chi connectivity index (χ2n) is 4.77. The lowest BCUT2D eigenvalue weighted by Gasteiger charge is -2.23. The molecule has 0 aromatic rings. The number of hydrogen-bond acceptors (Lipinski definition) is 2. The van der Waals surface area contributed by atoms with E-state index in [0.717, 1.165) is 13.0 Å². The first kappa shape index (κ1) is 14.4. The van der Waals surface area contributed by atoms with E-state index in [-0.39, 0.29) is 0 Å². The Labute approximate surface area is 93.3 Å². The first-order valence-electron chi connectivity index (χ1n) is 6.06. The van der Waals surface area contributed by atoms with Gasteiger partial charge in [0.25, 0.3) is 0 Å². The number of carbonyl (C=O) groups excluding carboxylic acids is 1. The fraction of sp³-hybridized carbons (Fsp3) is 0.917. The van der Waals surface area contributed by atoms with E-state index >= 15 is 0 Å². The second kappa shape index (κ2) is 7.69. The highest BCUT2D eigenvalue weighted by Crippen LogP contribution is 2.03. The van der Waals surface area contributed by atoms with E-state index < -0.39 is 11.5 Å². The standard InChI is InChI=1S/C12H25NO2/c1-4-5-6-7-8-9-10-13-12(2,3)11(14)15/h13H,4-10H2,1-3H3,(H,14,15). The summed E-state index contributed by atoms with van der Waals surface area (Å²) < 4.78 is 0. The van der Waals surface area contributed by atoms with Crippen LogP contribution >= 0.6 is 0 Å². The zero-order valence-corrected chi connectivity index (χ0v) is 10.3. The predicted molar refractivity (Wildman–Crippen MR) is 59.3 cm³/mol. The first-order valence-corrected chi connectivity index (χ1v) is 6.06. The van der Waals surface area contributed by atoms with Crippen molar-refractivity contribution in [3.8, 4) is 0 Å². The molecule has 0 radical (unpaired) electrons. The average Bonchev–Trinajstić information content (AvgIpc) is 2.16. The van der Waals surface area contributed by atoms with Crippen LogP contribution in [0.2, 0.25) is 0 Å². The zero-order chi connectivity index (χ0) is 11.7. The molecule has 0 aromatic carbocycles. The third kappa shape index (κ3) is 7.37. The normalized spacial score (nSPS) is 11.7. The monoisotopic (exact) mass is 215 g/mol. The van der Waals surface area contributed by atoms with Crippen molar-refractivity contribution in [1.82, 2.24) is 0 Å². The molecular weight excluding hydrogens is 190 g/mol. The van der Waals surface area contributed by atoms with Crippen molar-refractivity contribution in [2.24, 2.45) is 0 Å². The van der Waals surface area contributed by atoms with Gasteiger partial charge in [0.2, 0.25) is 0 Å². The van der Waals surface area contributed by atoms with Crippen LogP contribution in [0.15, 0.2) is 0 Å². The lowest BCUT2D eigenvalue weighted by Crippen LogP contribution is -2.98. The van der Waals surface area contributed by atoms with Gasteiger partial charge in [-0.3, -0.25) is 0 Å². The number of quaternary nitrogens is 1. The minimum Gasteiger partial charge on any atom is -0.544 e. The van der Waals surface area contributed by atoms with Gasteiger partial charge in [-0.15, -0.1) is 0 Å². The number of carboxylic acid groups (broad SMARTS) is 1. The Balaban J connectivity index is 3.35. The van der Waals surface area contributed by atoms with E-state index in [9.17, 15) is 9.90 Å². The van der Waals surface area contributed by atoms with Gasteiger partial charge in [-0.2, -0.15) is 0 Å². The van der Waals surface area contributed by atoms with Crippen LogP contribution in [0.25, 0.3) is 0 Å². The highest BCUT2D eigenvalue weighted by molar-refractivity contribution is 5.73. The average molecular weight is 215 g/mol. The number of unbranched alkanes of at least 4 members (excludes halogenated alkanes) is 5. The van der Waals surface area contributed by atoms with Crippen LogP contribution in [0.3, 0.4) is 0 Å². The van der Waals surface area contributed by atoms with Crippen molar-refractivity contribution in [2.75, 3.05) is 6.54 Å². The summed E-state index contributed by atoms with van der Waals surface area (Å²) in [7, 11) is 0. The third-order valence-electron chi connectivity index (χ3n) is 2.74. The number of hydrogen-bond donors (Lipinski definition) is 1. The predicted octanol–water partition coefficient (Wildman–Crippen LogP) is 0.439. The first-order chi connectivity index (χ1) is 7.00. The molecule has 0 amide bonds.